The molecule has 0 saturated heterocycles. The van der Waals surface area contributed by atoms with Gasteiger partial charge in [0.2, 0.25) is 12.5 Å². The van der Waals surface area contributed by atoms with Gasteiger partial charge in [0.05, 0.1) is 16.9 Å². The molecule has 3 aliphatic heterocycles. The van der Waals surface area contributed by atoms with Crippen molar-refractivity contribution in [1.29, 1.82) is 0 Å². The average Bonchev–Trinajstić information content (AvgIpc) is 3.48. The minimum atomic E-state index is -0.567. The van der Waals surface area contributed by atoms with Crippen LogP contribution in [0.3, 0.4) is 0 Å². The largest absolute Gasteiger partial charge is 0.453 e. The molecule has 6 rings (SSSR count). The van der Waals surface area contributed by atoms with Crippen molar-refractivity contribution in [3.05, 3.63) is 75.1 Å². The molecule has 0 aliphatic carbocycles. The number of thiocarbonyl (C=S) groups is 1. The zero-order valence-corrected chi connectivity index (χ0v) is 16.8. The molecule has 6 nitrogen and oxygen atoms in total. The summed E-state index contributed by atoms with van der Waals surface area (Å²) in [5, 5.41) is 0.346. The van der Waals surface area contributed by atoms with Gasteiger partial charge in [0, 0.05) is 24.0 Å². The van der Waals surface area contributed by atoms with Crippen molar-refractivity contribution in [3.63, 3.8) is 0 Å². The molecular formula is C21H15ClN2O4S. The smallest absolute Gasteiger partial charge is 0.297 e. The number of fused-ring (bicyclic) bond motifs is 5. The van der Waals surface area contributed by atoms with Gasteiger partial charge in [-0.25, -0.2) is 0 Å². The Balaban J connectivity index is 1.55. The van der Waals surface area contributed by atoms with Crippen LogP contribution < -0.4 is 19.9 Å². The third kappa shape index (κ3) is 2.17. The second-order valence-electron chi connectivity index (χ2n) is 7.36. The molecule has 29 heavy (non-hydrogen) atoms. The van der Waals surface area contributed by atoms with Crippen LogP contribution in [-0.2, 0) is 18.5 Å². The summed E-state index contributed by atoms with van der Waals surface area (Å²) >= 11 is 12.0. The number of hydrogen-bond donors (Lipinski definition) is 0. The lowest BCUT2D eigenvalue weighted by Gasteiger charge is -2.27. The van der Waals surface area contributed by atoms with E-state index in [0.29, 0.717) is 30.5 Å². The van der Waals surface area contributed by atoms with Crippen molar-refractivity contribution in [3.8, 4) is 11.5 Å². The van der Waals surface area contributed by atoms with Gasteiger partial charge in [-0.15, -0.1) is 0 Å². The minimum Gasteiger partial charge on any atom is -0.453 e. The number of halogens is 1. The molecule has 5 heterocycles. The number of ether oxygens (including phenoxy) is 2. The highest BCUT2D eigenvalue weighted by atomic mass is 35.5. The van der Waals surface area contributed by atoms with Gasteiger partial charge in [0.25, 0.3) is 5.56 Å². The van der Waals surface area contributed by atoms with Gasteiger partial charge in [-0.3, -0.25) is 4.79 Å². The quantitative estimate of drug-likeness (QED) is 0.580. The molecule has 0 fully saturated rings. The highest BCUT2D eigenvalue weighted by molar-refractivity contribution is 7.80. The third-order valence-corrected chi connectivity index (χ3v) is 6.77. The summed E-state index contributed by atoms with van der Waals surface area (Å²) in [7, 11) is 0. The summed E-state index contributed by atoms with van der Waals surface area (Å²) in [5.74, 6) is 1.49. The summed E-state index contributed by atoms with van der Waals surface area (Å²) in [5.41, 5.74) is 2.23. The first-order valence-corrected chi connectivity index (χ1v) is 10.1. The van der Waals surface area contributed by atoms with Gasteiger partial charge < -0.3 is 23.4 Å². The molecule has 0 bridgehead atoms. The normalized spacial score (nSPS) is 21.1. The SMILES string of the molecule is O=c1c2c(cc3n1CCC31C(=S)N(Cc3ccc(Cl)o3)c3ccccc31)OCO2. The molecule has 3 aromatic rings. The van der Waals surface area contributed by atoms with Crippen LogP contribution >= 0.6 is 23.8 Å². The topological polar surface area (TPSA) is 56.8 Å². The van der Waals surface area contributed by atoms with E-state index in [1.807, 2.05) is 24.3 Å². The molecule has 1 aromatic carbocycles. The molecule has 0 N–H and O–H groups in total. The van der Waals surface area contributed by atoms with E-state index in [1.54, 1.807) is 10.6 Å². The first-order valence-electron chi connectivity index (χ1n) is 9.29. The number of para-hydroxylation sites is 1. The van der Waals surface area contributed by atoms with E-state index in [2.05, 4.69) is 17.0 Å². The maximum Gasteiger partial charge on any atom is 0.297 e. The fraction of sp³-hybridized carbons (Fsp3) is 0.238. The van der Waals surface area contributed by atoms with Crippen LogP contribution in [0.15, 0.2) is 51.7 Å². The van der Waals surface area contributed by atoms with Crippen molar-refractivity contribution >= 4 is 34.5 Å². The van der Waals surface area contributed by atoms with E-state index in [4.69, 9.17) is 37.7 Å². The Morgan fingerprint density at radius 2 is 2.03 bits per heavy atom. The molecule has 0 radical (unpaired) electrons. The molecule has 8 heteroatoms. The zero-order valence-electron chi connectivity index (χ0n) is 15.2. The zero-order chi connectivity index (χ0) is 19.8. The van der Waals surface area contributed by atoms with E-state index in [0.717, 1.165) is 27.7 Å². The Morgan fingerprint density at radius 1 is 1.17 bits per heavy atom. The summed E-state index contributed by atoms with van der Waals surface area (Å²) in [4.78, 5) is 15.8. The van der Waals surface area contributed by atoms with Crippen molar-refractivity contribution in [2.45, 2.75) is 24.9 Å². The Kier molecular flexibility index (Phi) is 3.47. The monoisotopic (exact) mass is 426 g/mol. The molecule has 0 amide bonds. The van der Waals surface area contributed by atoms with Crippen molar-refractivity contribution in [1.82, 2.24) is 4.57 Å². The molecule has 1 atom stereocenters. The van der Waals surface area contributed by atoms with Gasteiger partial charge in [-0.1, -0.05) is 30.4 Å². The van der Waals surface area contributed by atoms with Crippen LogP contribution in [0.4, 0.5) is 5.69 Å². The Bertz CT molecular complexity index is 1250. The summed E-state index contributed by atoms with van der Waals surface area (Å²) in [6.45, 7) is 1.10. The molecular weight excluding hydrogens is 412 g/mol. The summed E-state index contributed by atoms with van der Waals surface area (Å²) < 4.78 is 18.3. The lowest BCUT2D eigenvalue weighted by Crippen LogP contribution is -2.38. The molecule has 2 aromatic heterocycles. The van der Waals surface area contributed by atoms with Gasteiger partial charge >= 0.3 is 0 Å². The van der Waals surface area contributed by atoms with Crippen LogP contribution in [0.25, 0.3) is 0 Å². The van der Waals surface area contributed by atoms with Crippen LogP contribution in [-0.4, -0.2) is 16.3 Å². The second kappa shape index (κ2) is 5.87. The van der Waals surface area contributed by atoms with Gasteiger partial charge in [0.15, 0.2) is 11.0 Å². The first kappa shape index (κ1) is 17.1. The lowest BCUT2D eigenvalue weighted by atomic mass is 9.78. The number of rotatable bonds is 2. The number of nitrogens with zero attached hydrogens (tertiary/aromatic N) is 2. The number of pyridine rings is 1. The van der Waals surface area contributed by atoms with Gasteiger partial charge in [0.1, 0.15) is 5.76 Å². The highest BCUT2D eigenvalue weighted by Gasteiger charge is 2.53. The average molecular weight is 427 g/mol. The summed E-state index contributed by atoms with van der Waals surface area (Å²) in [6.07, 6.45) is 0.705. The van der Waals surface area contributed by atoms with E-state index in [1.165, 1.54) is 0 Å². The molecule has 0 saturated carbocycles. The number of aromatic nitrogens is 1. The maximum absolute atomic E-state index is 13.0. The Morgan fingerprint density at radius 3 is 2.86 bits per heavy atom. The fourth-order valence-corrected chi connectivity index (χ4v) is 5.39. The molecule has 1 spiro atoms. The minimum absolute atomic E-state index is 0.0629. The van der Waals surface area contributed by atoms with E-state index >= 15 is 0 Å². The summed E-state index contributed by atoms with van der Waals surface area (Å²) in [6, 6.07) is 13.6. The van der Waals surface area contributed by atoms with Gasteiger partial charge in [-0.2, -0.15) is 0 Å². The highest BCUT2D eigenvalue weighted by Crippen LogP contribution is 2.53. The standard InChI is InChI=1S/C21H15ClN2O4S/c22-17-6-5-12(28-17)10-24-14-4-2-1-3-13(14)21(20(24)29)7-8-23-16(21)9-15-18(19(23)25)27-11-26-15/h1-6,9H,7-8,10-11H2. The van der Waals surface area contributed by atoms with Gasteiger partial charge in [-0.05, 0) is 41.8 Å². The van der Waals surface area contributed by atoms with E-state index in [-0.39, 0.29) is 18.1 Å². The van der Waals surface area contributed by atoms with Crippen molar-refractivity contribution < 1.29 is 13.9 Å². The fourth-order valence-electron chi connectivity index (χ4n) is 4.74. The van der Waals surface area contributed by atoms with Crippen LogP contribution in [0.5, 0.6) is 11.5 Å². The van der Waals surface area contributed by atoms with E-state index in [9.17, 15) is 4.79 Å². The predicted molar refractivity (Wildman–Crippen MR) is 111 cm³/mol. The Labute approximate surface area is 176 Å². The molecule has 146 valence electrons. The number of benzene rings is 1. The molecule has 3 aliphatic rings. The number of hydrogen-bond acceptors (Lipinski definition) is 5. The first-order chi connectivity index (χ1) is 14.1. The van der Waals surface area contributed by atoms with Crippen LogP contribution in [0.2, 0.25) is 5.22 Å². The van der Waals surface area contributed by atoms with E-state index < -0.39 is 5.41 Å². The maximum atomic E-state index is 13.0. The number of anilines is 1. The number of furan rings is 1. The van der Waals surface area contributed by atoms with Crippen LogP contribution in [0, 0.1) is 0 Å². The Hall–Kier alpha value is -2.77. The van der Waals surface area contributed by atoms with Crippen LogP contribution in [0.1, 0.15) is 23.4 Å². The second-order valence-corrected chi connectivity index (χ2v) is 8.12. The predicted octanol–water partition coefficient (Wildman–Crippen LogP) is 3.86. The van der Waals surface area contributed by atoms with Crippen molar-refractivity contribution in [2.75, 3.05) is 11.7 Å². The third-order valence-electron chi connectivity index (χ3n) is 5.99. The van der Waals surface area contributed by atoms with Crippen molar-refractivity contribution in [2.24, 2.45) is 0 Å². The lowest BCUT2D eigenvalue weighted by molar-refractivity contribution is 0.173. The molecule has 1 unspecified atom stereocenters.